The van der Waals surface area contributed by atoms with E-state index in [0.717, 1.165) is 19.0 Å². The molecule has 4 rings (SSSR count). The summed E-state index contributed by atoms with van der Waals surface area (Å²) in [4.78, 5) is 9.42. The van der Waals surface area contributed by atoms with Crippen LogP contribution in [0.25, 0.3) is 0 Å². The lowest BCUT2D eigenvalue weighted by atomic mass is 9.91. The third kappa shape index (κ3) is 3.13. The van der Waals surface area contributed by atoms with Gasteiger partial charge in [0, 0.05) is 36.8 Å². The molecule has 6 nitrogen and oxygen atoms in total. The Kier molecular flexibility index (Phi) is 4.41. The van der Waals surface area contributed by atoms with Crippen molar-refractivity contribution >= 4 is 0 Å². The van der Waals surface area contributed by atoms with Crippen LogP contribution in [0, 0.1) is 5.92 Å². The van der Waals surface area contributed by atoms with E-state index in [1.54, 1.807) is 12.6 Å². The van der Waals surface area contributed by atoms with E-state index in [2.05, 4.69) is 39.8 Å². The predicted molar refractivity (Wildman–Crippen MR) is 91.3 cm³/mol. The van der Waals surface area contributed by atoms with Gasteiger partial charge in [-0.05, 0) is 45.2 Å². The molecular formula is C18H27N5O. The summed E-state index contributed by atoms with van der Waals surface area (Å²) in [5.74, 6) is 0.751. The van der Waals surface area contributed by atoms with Gasteiger partial charge in [-0.25, -0.2) is 4.98 Å². The number of rotatable bonds is 5. The fourth-order valence-electron chi connectivity index (χ4n) is 4.76. The van der Waals surface area contributed by atoms with Crippen LogP contribution >= 0.6 is 0 Å². The molecule has 2 aromatic rings. The molecule has 0 saturated carbocycles. The second-order valence-corrected chi connectivity index (χ2v) is 7.53. The van der Waals surface area contributed by atoms with Crippen LogP contribution < -0.4 is 0 Å². The molecule has 130 valence electrons. The van der Waals surface area contributed by atoms with Gasteiger partial charge in [-0.2, -0.15) is 5.10 Å². The van der Waals surface area contributed by atoms with Crippen LogP contribution in [0.2, 0.25) is 0 Å². The lowest BCUT2D eigenvalue weighted by Crippen LogP contribution is -2.49. The van der Waals surface area contributed by atoms with Crippen molar-refractivity contribution in [2.24, 2.45) is 5.92 Å². The second kappa shape index (κ2) is 6.69. The van der Waals surface area contributed by atoms with E-state index in [1.807, 2.05) is 17.3 Å². The molecule has 3 atom stereocenters. The van der Waals surface area contributed by atoms with Crippen LogP contribution in [0.3, 0.4) is 0 Å². The van der Waals surface area contributed by atoms with Crippen molar-refractivity contribution in [2.75, 3.05) is 13.1 Å². The van der Waals surface area contributed by atoms with E-state index in [-0.39, 0.29) is 0 Å². The van der Waals surface area contributed by atoms with Crippen LogP contribution in [0.4, 0.5) is 0 Å². The highest BCUT2D eigenvalue weighted by Gasteiger charge is 2.44. The highest BCUT2D eigenvalue weighted by atomic mass is 16.3. The summed E-state index contributed by atoms with van der Waals surface area (Å²) in [6.45, 7) is 8.98. The Morgan fingerprint density at radius 3 is 3.00 bits per heavy atom. The maximum Gasteiger partial charge on any atom is 0.137 e. The molecule has 0 radical (unpaired) electrons. The van der Waals surface area contributed by atoms with Crippen LogP contribution in [0.5, 0.6) is 0 Å². The Balaban J connectivity index is 1.44. The van der Waals surface area contributed by atoms with E-state index in [0.29, 0.717) is 18.1 Å². The van der Waals surface area contributed by atoms with Crippen molar-refractivity contribution in [3.63, 3.8) is 0 Å². The summed E-state index contributed by atoms with van der Waals surface area (Å²) in [7, 11) is 0. The fourth-order valence-corrected chi connectivity index (χ4v) is 4.76. The lowest BCUT2D eigenvalue weighted by molar-refractivity contribution is 0.0718. The molecule has 0 amide bonds. The quantitative estimate of drug-likeness (QED) is 0.842. The van der Waals surface area contributed by atoms with Crippen molar-refractivity contribution in [1.29, 1.82) is 0 Å². The third-order valence-electron chi connectivity index (χ3n) is 5.60. The summed E-state index contributed by atoms with van der Waals surface area (Å²) >= 11 is 0. The topological polar surface area (TPSA) is 50.3 Å². The van der Waals surface area contributed by atoms with Crippen molar-refractivity contribution in [3.05, 3.63) is 36.8 Å². The van der Waals surface area contributed by atoms with Crippen LogP contribution in [0.1, 0.15) is 32.3 Å². The van der Waals surface area contributed by atoms with Gasteiger partial charge in [-0.3, -0.25) is 14.5 Å². The zero-order valence-electron chi connectivity index (χ0n) is 14.6. The number of likely N-dealkylation sites (tertiary alicyclic amines) is 2. The molecule has 0 N–H and O–H groups in total. The van der Waals surface area contributed by atoms with Gasteiger partial charge in [-0.1, -0.05) is 0 Å². The molecule has 0 aliphatic carbocycles. The van der Waals surface area contributed by atoms with Gasteiger partial charge >= 0.3 is 0 Å². The average molecular weight is 329 g/mol. The zero-order valence-corrected chi connectivity index (χ0v) is 14.6. The summed E-state index contributed by atoms with van der Waals surface area (Å²) < 4.78 is 7.20. The Hall–Kier alpha value is -1.66. The number of hydrogen-bond acceptors (Lipinski definition) is 5. The molecule has 2 aliphatic rings. The molecule has 2 saturated heterocycles. The minimum absolute atomic E-state index is 0.565. The summed E-state index contributed by atoms with van der Waals surface area (Å²) in [6.07, 6.45) is 9.63. The predicted octanol–water partition coefficient (Wildman–Crippen LogP) is 2.24. The van der Waals surface area contributed by atoms with Crippen LogP contribution in [0.15, 0.2) is 35.7 Å². The molecular weight excluding hydrogens is 302 g/mol. The molecule has 0 bridgehead atoms. The molecule has 24 heavy (non-hydrogen) atoms. The van der Waals surface area contributed by atoms with E-state index >= 15 is 0 Å². The zero-order chi connectivity index (χ0) is 16.5. The smallest absolute Gasteiger partial charge is 0.137 e. The molecule has 0 aromatic carbocycles. The minimum Gasteiger partial charge on any atom is -0.472 e. The maximum atomic E-state index is 5.22. The number of fused-ring (bicyclic) bond motifs is 1. The number of hydrogen-bond donors (Lipinski definition) is 0. The van der Waals surface area contributed by atoms with E-state index in [9.17, 15) is 0 Å². The highest BCUT2D eigenvalue weighted by molar-refractivity contribution is 5.06. The van der Waals surface area contributed by atoms with Crippen molar-refractivity contribution in [1.82, 2.24) is 24.6 Å². The maximum absolute atomic E-state index is 5.22. The number of furan rings is 1. The summed E-state index contributed by atoms with van der Waals surface area (Å²) in [5, 5.41) is 4.31. The number of nitrogens with zero attached hydrogens (tertiary/aromatic N) is 5. The first-order valence-electron chi connectivity index (χ1n) is 9.04. The van der Waals surface area contributed by atoms with Crippen LogP contribution in [-0.4, -0.2) is 55.8 Å². The Morgan fingerprint density at radius 2 is 2.29 bits per heavy atom. The molecule has 2 aliphatic heterocycles. The van der Waals surface area contributed by atoms with Crippen molar-refractivity contribution in [3.8, 4) is 0 Å². The molecule has 4 heterocycles. The first kappa shape index (κ1) is 15.8. The Labute approximate surface area is 143 Å². The van der Waals surface area contributed by atoms with E-state index in [1.165, 1.54) is 31.5 Å². The standard InChI is InChI=1S/C18H27N5O/c1-14(2)23-17(10-22-13-19-12-20-22)7-16-9-21(5-3-18(16)23)8-15-4-6-24-11-15/h4,6,11-14,16-18H,3,5,7-10H2,1-2H3/t16-,17+,18+/m0/s1. The molecule has 0 unspecified atom stereocenters. The summed E-state index contributed by atoms with van der Waals surface area (Å²) in [5.41, 5.74) is 1.28. The Bertz CT molecular complexity index is 624. The van der Waals surface area contributed by atoms with E-state index < -0.39 is 0 Å². The molecule has 2 fully saturated rings. The number of piperidine rings is 1. The van der Waals surface area contributed by atoms with Gasteiger partial charge in [0.15, 0.2) is 0 Å². The van der Waals surface area contributed by atoms with Gasteiger partial charge in [0.05, 0.1) is 19.1 Å². The minimum atomic E-state index is 0.565. The van der Waals surface area contributed by atoms with Crippen molar-refractivity contribution in [2.45, 2.75) is 57.9 Å². The van der Waals surface area contributed by atoms with E-state index in [4.69, 9.17) is 4.42 Å². The first-order chi connectivity index (χ1) is 11.7. The van der Waals surface area contributed by atoms with Crippen molar-refractivity contribution < 1.29 is 4.42 Å². The fraction of sp³-hybridized carbons (Fsp3) is 0.667. The molecule has 6 heteroatoms. The Morgan fingerprint density at radius 1 is 1.38 bits per heavy atom. The lowest BCUT2D eigenvalue weighted by Gasteiger charge is -2.40. The summed E-state index contributed by atoms with van der Waals surface area (Å²) in [6, 6.07) is 3.93. The largest absolute Gasteiger partial charge is 0.472 e. The second-order valence-electron chi connectivity index (χ2n) is 7.53. The highest BCUT2D eigenvalue weighted by Crippen LogP contribution is 2.38. The molecule has 0 spiro atoms. The van der Waals surface area contributed by atoms with Gasteiger partial charge in [-0.15, -0.1) is 0 Å². The number of aromatic nitrogens is 3. The van der Waals surface area contributed by atoms with Crippen LogP contribution in [-0.2, 0) is 13.1 Å². The van der Waals surface area contributed by atoms with Gasteiger partial charge in [0.1, 0.15) is 12.7 Å². The third-order valence-corrected chi connectivity index (χ3v) is 5.60. The van der Waals surface area contributed by atoms with Gasteiger partial charge in [0.2, 0.25) is 0 Å². The average Bonchev–Trinajstić information content (AvgIpc) is 3.27. The van der Waals surface area contributed by atoms with Gasteiger partial charge in [0.25, 0.3) is 0 Å². The molecule has 2 aromatic heterocycles. The van der Waals surface area contributed by atoms with Gasteiger partial charge < -0.3 is 4.42 Å². The normalized spacial score (nSPS) is 28.5. The SMILES string of the molecule is CC(C)N1[C@@H](Cn2cncn2)C[C@H]2CN(Cc3ccoc3)CC[C@H]21. The monoisotopic (exact) mass is 329 g/mol. The first-order valence-corrected chi connectivity index (χ1v) is 9.04.